The van der Waals surface area contributed by atoms with Crippen molar-refractivity contribution in [3.05, 3.63) is 56.0 Å². The van der Waals surface area contributed by atoms with Crippen LogP contribution >= 0.6 is 58.0 Å². The summed E-state index contributed by atoms with van der Waals surface area (Å²) in [6.07, 6.45) is 0.439. The number of rotatable bonds is 2. The van der Waals surface area contributed by atoms with Gasteiger partial charge >= 0.3 is 0 Å². The Morgan fingerprint density at radius 1 is 0.957 bits per heavy atom. The van der Waals surface area contributed by atoms with Gasteiger partial charge in [0.1, 0.15) is 11.4 Å². The number of nitrogens with zero attached hydrogens (tertiary/aromatic N) is 2. The number of benzene rings is 2. The van der Waals surface area contributed by atoms with Crippen LogP contribution in [0.15, 0.2) is 40.6 Å². The van der Waals surface area contributed by atoms with Crippen molar-refractivity contribution >= 4 is 63.7 Å². The molecule has 8 heteroatoms. The number of hydrogen-bond donors (Lipinski definition) is 0. The van der Waals surface area contributed by atoms with Crippen LogP contribution in [0.3, 0.4) is 0 Å². The van der Waals surface area contributed by atoms with Gasteiger partial charge in [-0.1, -0.05) is 58.0 Å². The van der Waals surface area contributed by atoms with Crippen LogP contribution < -0.4 is 4.74 Å². The summed E-state index contributed by atoms with van der Waals surface area (Å²) in [5.41, 5.74) is 0.968. The molecule has 0 bridgehead atoms. The van der Waals surface area contributed by atoms with Gasteiger partial charge in [-0.15, -0.1) is 0 Å². The molecule has 1 aliphatic heterocycles. The fourth-order valence-electron chi connectivity index (χ4n) is 2.22. The van der Waals surface area contributed by atoms with Crippen molar-refractivity contribution in [2.45, 2.75) is 11.4 Å². The number of fused-ring (bicyclic) bond motifs is 1. The highest BCUT2D eigenvalue weighted by Crippen LogP contribution is 2.46. The maximum atomic E-state index is 6.65. The summed E-state index contributed by atoms with van der Waals surface area (Å²) >= 11 is 30.8. The minimum atomic E-state index is -1.09. The fraction of sp³-hybridized carbons (Fsp3) is 0.200. The summed E-state index contributed by atoms with van der Waals surface area (Å²) < 4.78 is 5.57. The van der Waals surface area contributed by atoms with Gasteiger partial charge in [-0.3, -0.25) is 0 Å². The summed E-state index contributed by atoms with van der Waals surface area (Å²) in [5.74, 6) is 0.628. The number of azo groups is 1. The summed E-state index contributed by atoms with van der Waals surface area (Å²) in [5, 5.41) is 9.95. The predicted molar refractivity (Wildman–Crippen MR) is 95.1 cm³/mol. The molecule has 1 unspecified atom stereocenters. The molecule has 0 N–H and O–H groups in total. The Morgan fingerprint density at radius 3 is 2.35 bits per heavy atom. The molecule has 1 aliphatic rings. The van der Waals surface area contributed by atoms with E-state index in [1.165, 1.54) is 0 Å². The van der Waals surface area contributed by atoms with E-state index < -0.39 is 5.00 Å². The van der Waals surface area contributed by atoms with Gasteiger partial charge in [0.05, 0.1) is 16.7 Å². The first-order valence-corrected chi connectivity index (χ1v) is 8.47. The SMILES string of the molecule is Clc1cc(Cl)c(N=NC2(Cl)CCOc3ccc(Cl)cc32)c(Cl)c1. The van der Waals surface area contributed by atoms with Crippen molar-refractivity contribution in [3.63, 3.8) is 0 Å². The van der Waals surface area contributed by atoms with Gasteiger partial charge in [0, 0.05) is 22.0 Å². The van der Waals surface area contributed by atoms with Gasteiger partial charge in [0.2, 0.25) is 0 Å². The van der Waals surface area contributed by atoms with Gasteiger partial charge in [0.25, 0.3) is 0 Å². The molecule has 0 spiro atoms. The number of alkyl halides is 1. The lowest BCUT2D eigenvalue weighted by Gasteiger charge is -2.29. The molecular weight excluding hydrogens is 401 g/mol. The van der Waals surface area contributed by atoms with Crippen LogP contribution in [0.2, 0.25) is 20.1 Å². The molecule has 23 heavy (non-hydrogen) atoms. The van der Waals surface area contributed by atoms with E-state index in [2.05, 4.69) is 10.2 Å². The number of halogens is 5. The van der Waals surface area contributed by atoms with Crippen molar-refractivity contribution < 1.29 is 4.74 Å². The molecule has 3 rings (SSSR count). The Hall–Kier alpha value is -0.710. The van der Waals surface area contributed by atoms with Gasteiger partial charge < -0.3 is 4.74 Å². The molecule has 0 radical (unpaired) electrons. The van der Waals surface area contributed by atoms with Crippen LogP contribution in [-0.4, -0.2) is 6.61 Å². The van der Waals surface area contributed by atoms with Gasteiger partial charge in [-0.05, 0) is 30.3 Å². The normalized spacial score (nSPS) is 20.4. The molecule has 3 nitrogen and oxygen atoms in total. The minimum Gasteiger partial charge on any atom is -0.493 e. The van der Waals surface area contributed by atoms with E-state index in [-0.39, 0.29) is 0 Å². The molecule has 0 aliphatic carbocycles. The number of hydrogen-bond acceptors (Lipinski definition) is 3. The molecule has 0 saturated carbocycles. The van der Waals surface area contributed by atoms with Crippen molar-refractivity contribution in [1.29, 1.82) is 0 Å². The van der Waals surface area contributed by atoms with E-state index in [9.17, 15) is 0 Å². The Balaban J connectivity index is 2.02. The number of ether oxygens (including phenoxy) is 1. The second kappa shape index (κ2) is 6.66. The third kappa shape index (κ3) is 3.54. The lowest BCUT2D eigenvalue weighted by molar-refractivity contribution is 0.253. The Kier molecular flexibility index (Phi) is 4.96. The van der Waals surface area contributed by atoms with E-state index >= 15 is 0 Å². The largest absolute Gasteiger partial charge is 0.493 e. The molecule has 2 aromatic carbocycles. The molecule has 0 amide bonds. The third-order valence-corrected chi connectivity index (χ3v) is 4.83. The van der Waals surface area contributed by atoms with Crippen molar-refractivity contribution in [2.24, 2.45) is 10.2 Å². The zero-order valence-electron chi connectivity index (χ0n) is 11.5. The first kappa shape index (κ1) is 17.1. The Labute approximate surface area is 158 Å². The van der Waals surface area contributed by atoms with Crippen LogP contribution in [0.5, 0.6) is 5.75 Å². The summed E-state index contributed by atoms with van der Waals surface area (Å²) in [6.45, 7) is 0.416. The summed E-state index contributed by atoms with van der Waals surface area (Å²) in [7, 11) is 0. The Bertz CT molecular complexity index is 772. The second-order valence-electron chi connectivity index (χ2n) is 4.92. The molecule has 2 aromatic rings. The first-order chi connectivity index (χ1) is 10.9. The monoisotopic (exact) mass is 408 g/mol. The molecule has 0 aromatic heterocycles. The van der Waals surface area contributed by atoms with E-state index in [0.29, 0.717) is 50.1 Å². The fourth-order valence-corrected chi connectivity index (χ4v) is 3.55. The highest BCUT2D eigenvalue weighted by atomic mass is 35.5. The molecule has 0 saturated heterocycles. The molecular formula is C15H9Cl5N2O. The molecule has 1 heterocycles. The maximum Gasteiger partial charge on any atom is 0.186 e. The summed E-state index contributed by atoms with van der Waals surface area (Å²) in [6, 6.07) is 8.28. The average molecular weight is 411 g/mol. The zero-order chi connectivity index (χ0) is 16.6. The lowest BCUT2D eigenvalue weighted by Crippen LogP contribution is -2.25. The quantitative estimate of drug-likeness (QED) is 0.291. The molecule has 0 fully saturated rings. The van der Waals surface area contributed by atoms with E-state index in [4.69, 9.17) is 62.7 Å². The van der Waals surface area contributed by atoms with E-state index in [1.807, 2.05) is 0 Å². The smallest absolute Gasteiger partial charge is 0.186 e. The second-order valence-corrected chi connectivity index (χ2v) is 7.23. The topological polar surface area (TPSA) is 34.0 Å². The van der Waals surface area contributed by atoms with Crippen LogP contribution in [0.4, 0.5) is 5.69 Å². The van der Waals surface area contributed by atoms with Crippen LogP contribution in [0.1, 0.15) is 12.0 Å². The minimum absolute atomic E-state index is 0.296. The highest BCUT2D eigenvalue weighted by molar-refractivity contribution is 6.41. The Morgan fingerprint density at radius 2 is 1.65 bits per heavy atom. The zero-order valence-corrected chi connectivity index (χ0v) is 15.3. The van der Waals surface area contributed by atoms with Crippen LogP contribution in [-0.2, 0) is 5.00 Å². The van der Waals surface area contributed by atoms with Crippen molar-refractivity contribution in [3.8, 4) is 5.75 Å². The average Bonchev–Trinajstić information content (AvgIpc) is 2.47. The van der Waals surface area contributed by atoms with Crippen LogP contribution in [0.25, 0.3) is 0 Å². The molecule has 1 atom stereocenters. The third-order valence-electron chi connectivity index (χ3n) is 3.34. The first-order valence-electron chi connectivity index (χ1n) is 6.58. The van der Waals surface area contributed by atoms with E-state index in [1.54, 1.807) is 30.3 Å². The highest BCUT2D eigenvalue weighted by Gasteiger charge is 2.36. The van der Waals surface area contributed by atoms with E-state index in [0.717, 1.165) is 0 Å². The van der Waals surface area contributed by atoms with Crippen molar-refractivity contribution in [2.75, 3.05) is 6.61 Å². The van der Waals surface area contributed by atoms with Crippen molar-refractivity contribution in [1.82, 2.24) is 0 Å². The van der Waals surface area contributed by atoms with Crippen LogP contribution in [0, 0.1) is 0 Å². The van der Waals surface area contributed by atoms with Gasteiger partial charge in [-0.2, -0.15) is 10.2 Å². The molecule has 120 valence electrons. The maximum absolute atomic E-state index is 6.65. The van der Waals surface area contributed by atoms with Gasteiger partial charge in [-0.25, -0.2) is 0 Å². The standard InChI is InChI=1S/C15H9Cl5N2O/c16-8-1-2-13-10(5-8)15(20,3-4-23-13)22-21-14-11(18)6-9(17)7-12(14)19/h1-2,5-7H,3-4H2. The summed E-state index contributed by atoms with van der Waals surface area (Å²) in [4.78, 5) is -1.09. The predicted octanol–water partition coefficient (Wildman–Crippen LogP) is 7.26. The van der Waals surface area contributed by atoms with Gasteiger partial charge in [0.15, 0.2) is 5.00 Å². The lowest BCUT2D eigenvalue weighted by atomic mass is 10.0.